The van der Waals surface area contributed by atoms with E-state index in [9.17, 15) is 0 Å². The van der Waals surface area contributed by atoms with Gasteiger partial charge in [0.15, 0.2) is 0 Å². The number of allylic oxidation sites excluding steroid dienone is 5. The fourth-order valence-electron chi connectivity index (χ4n) is 0.500. The summed E-state index contributed by atoms with van der Waals surface area (Å²) in [6.07, 6.45) is 9.41. The van der Waals surface area contributed by atoms with Gasteiger partial charge in [-0.05, 0) is 19.4 Å². The first kappa shape index (κ1) is 25.1. The number of carbonyl (C=O) groups is 2. The summed E-state index contributed by atoms with van der Waals surface area (Å²) < 4.78 is 0. The Labute approximate surface area is 116 Å². The van der Waals surface area contributed by atoms with Crippen molar-refractivity contribution in [2.75, 3.05) is 0 Å². The van der Waals surface area contributed by atoms with Gasteiger partial charge < -0.3 is 25.5 Å². The molecule has 1 aliphatic rings. The van der Waals surface area contributed by atoms with Crippen LogP contribution in [-0.2, 0) is 30.9 Å². The van der Waals surface area contributed by atoms with Crippen LogP contribution in [0.5, 0.6) is 0 Å². The summed E-state index contributed by atoms with van der Waals surface area (Å²) in [5.74, 6) is -2.17. The van der Waals surface area contributed by atoms with Crippen molar-refractivity contribution in [1.82, 2.24) is 0 Å². The minimum Gasteiger partial charge on any atom is -0.550 e. The van der Waals surface area contributed by atoms with Crippen molar-refractivity contribution in [1.29, 1.82) is 0 Å². The van der Waals surface area contributed by atoms with Crippen LogP contribution in [0.2, 0.25) is 0 Å². The number of nitrogens with two attached hydrogens (primary N) is 1. The zero-order chi connectivity index (χ0) is 14.3. The molecule has 18 heavy (non-hydrogen) atoms. The third-order valence-corrected chi connectivity index (χ3v) is 0.881. The van der Waals surface area contributed by atoms with E-state index in [-0.39, 0.29) is 16.5 Å². The van der Waals surface area contributed by atoms with E-state index in [0.29, 0.717) is 0 Å². The number of carboxylic acid groups (broad SMARTS) is 2. The molecule has 0 aromatic carbocycles. The van der Waals surface area contributed by atoms with Gasteiger partial charge in [0.1, 0.15) is 0 Å². The van der Waals surface area contributed by atoms with Crippen molar-refractivity contribution in [3.63, 3.8) is 0 Å². The van der Waals surface area contributed by atoms with Crippen molar-refractivity contribution in [2.24, 2.45) is 5.73 Å². The van der Waals surface area contributed by atoms with Crippen molar-refractivity contribution < 1.29 is 41.1 Å². The number of aliphatic carboxylic acids is 2. The smallest absolute Gasteiger partial charge is 0.550 e. The molecule has 0 aromatic rings. The van der Waals surface area contributed by atoms with Crippen LogP contribution in [-0.4, -0.2) is 18.7 Å². The fraction of sp³-hybridized carbons (Fsp3) is 0.182. The van der Waals surface area contributed by atoms with E-state index in [1.54, 1.807) is 6.20 Å². The molecule has 0 heterocycles. The number of carboxylic acids is 2. The second-order valence-electron chi connectivity index (χ2n) is 2.37. The van der Waals surface area contributed by atoms with Crippen LogP contribution in [0.4, 0.5) is 0 Å². The van der Waals surface area contributed by atoms with Crippen LogP contribution >= 0.6 is 0 Å². The van der Waals surface area contributed by atoms with Gasteiger partial charge in [0.05, 0.1) is 0 Å². The van der Waals surface area contributed by atoms with E-state index in [0.717, 1.165) is 19.4 Å². The maximum Gasteiger partial charge on any atom is 2.00 e. The summed E-state index contributed by atoms with van der Waals surface area (Å²) in [5, 5.41) is 17.8. The number of carbonyl (C=O) groups excluding carboxylic acids is 3. The van der Waals surface area contributed by atoms with E-state index in [4.69, 9.17) is 30.3 Å². The van der Waals surface area contributed by atoms with Crippen LogP contribution in [0.15, 0.2) is 36.1 Å². The Morgan fingerprint density at radius 1 is 1.11 bits per heavy atom. The molecule has 0 atom stereocenters. The molecule has 2 N–H and O–H groups in total. The first-order valence-electron chi connectivity index (χ1n) is 4.22. The van der Waals surface area contributed by atoms with E-state index in [1.165, 1.54) is 0 Å². The molecular formula is C11H13NNiO5. The molecule has 0 spiro atoms. The van der Waals surface area contributed by atoms with Gasteiger partial charge in [-0.15, -0.1) is 0 Å². The maximum absolute atomic E-state index is 8.89. The average Bonchev–Trinajstić information content (AvgIpc) is 2.71. The SMILES string of the molecule is CC(=O)[O-].CC(=O)[O-].NC=C1C=CC=C1.[C]=O.[Ni+2]. The second-order valence-corrected chi connectivity index (χ2v) is 2.37. The van der Waals surface area contributed by atoms with Gasteiger partial charge in [-0.1, -0.05) is 24.3 Å². The molecule has 6 nitrogen and oxygen atoms in total. The summed E-state index contributed by atoms with van der Waals surface area (Å²) in [7, 11) is 0. The monoisotopic (exact) mass is 297 g/mol. The number of hydrogen-bond acceptors (Lipinski definition) is 6. The Hall–Kier alpha value is -1.88. The molecule has 0 amide bonds. The third-order valence-electron chi connectivity index (χ3n) is 0.881. The molecule has 1 rings (SSSR count). The predicted molar refractivity (Wildman–Crippen MR) is 57.6 cm³/mol. The molecule has 102 valence electrons. The quantitative estimate of drug-likeness (QED) is 0.519. The van der Waals surface area contributed by atoms with E-state index < -0.39 is 11.9 Å². The molecule has 0 aliphatic heterocycles. The summed E-state index contributed by atoms with van der Waals surface area (Å²) in [5.41, 5.74) is 6.25. The van der Waals surface area contributed by atoms with Crippen molar-refractivity contribution in [2.45, 2.75) is 13.8 Å². The fourth-order valence-corrected chi connectivity index (χ4v) is 0.500. The van der Waals surface area contributed by atoms with Crippen LogP contribution in [0.1, 0.15) is 13.8 Å². The Balaban J connectivity index is -0.0000000789. The van der Waals surface area contributed by atoms with Gasteiger partial charge in [-0.25, -0.2) is 0 Å². The molecule has 0 fully saturated rings. The summed E-state index contributed by atoms with van der Waals surface area (Å²) in [6.45, 7) is 6.44. The molecule has 0 saturated heterocycles. The van der Waals surface area contributed by atoms with Gasteiger partial charge in [0, 0.05) is 18.1 Å². The molecule has 1 aliphatic carbocycles. The third kappa shape index (κ3) is 47.9. The van der Waals surface area contributed by atoms with Crippen LogP contribution in [0.25, 0.3) is 0 Å². The van der Waals surface area contributed by atoms with Gasteiger partial charge in [0.2, 0.25) is 0 Å². The van der Waals surface area contributed by atoms with Gasteiger partial charge in [0.25, 0.3) is 6.79 Å². The maximum atomic E-state index is 8.89. The standard InChI is InChI=1S/C6H7N.2C2H4O2.CO.Ni/c7-5-6-3-1-2-4-6;2*1-2(3)4;1-2;/h1-5H,7H2;2*1H3,(H,3,4);;/q;;;;+2/p-2. The Morgan fingerprint density at radius 2 is 1.33 bits per heavy atom. The second kappa shape index (κ2) is 20.5. The minimum absolute atomic E-state index is 0. The predicted octanol–water partition coefficient (Wildman–Crippen LogP) is -1.93. The minimum atomic E-state index is -1.08. The summed E-state index contributed by atoms with van der Waals surface area (Å²) >= 11 is 0. The summed E-state index contributed by atoms with van der Waals surface area (Å²) in [6, 6.07) is 0. The topological polar surface area (TPSA) is 123 Å². The van der Waals surface area contributed by atoms with E-state index in [2.05, 4.69) is 6.79 Å². The van der Waals surface area contributed by atoms with Crippen LogP contribution in [0.3, 0.4) is 0 Å². The van der Waals surface area contributed by atoms with Crippen LogP contribution in [0, 0.1) is 0 Å². The molecule has 0 bridgehead atoms. The zero-order valence-electron chi connectivity index (χ0n) is 9.82. The van der Waals surface area contributed by atoms with Gasteiger partial charge in [-0.3, -0.25) is 4.79 Å². The molecule has 0 unspecified atom stereocenters. The first-order chi connectivity index (χ1) is 7.90. The number of rotatable bonds is 0. The van der Waals surface area contributed by atoms with E-state index >= 15 is 0 Å². The molecule has 7 heteroatoms. The molecule has 0 saturated carbocycles. The largest absolute Gasteiger partial charge is 2.00 e. The zero-order valence-corrected chi connectivity index (χ0v) is 10.8. The Bertz CT molecular complexity index is 277. The van der Waals surface area contributed by atoms with Crippen LogP contribution < -0.4 is 15.9 Å². The molecular weight excluding hydrogens is 285 g/mol. The first-order valence-corrected chi connectivity index (χ1v) is 4.22. The number of hydrogen-bond donors (Lipinski definition) is 1. The molecule has 0 aromatic heterocycles. The van der Waals surface area contributed by atoms with E-state index in [1.807, 2.05) is 24.3 Å². The van der Waals surface area contributed by atoms with Crippen molar-refractivity contribution >= 4 is 18.7 Å². The van der Waals surface area contributed by atoms with Crippen molar-refractivity contribution in [3.8, 4) is 0 Å². The Morgan fingerprint density at radius 3 is 1.44 bits per heavy atom. The van der Waals surface area contributed by atoms with Crippen molar-refractivity contribution in [3.05, 3.63) is 36.1 Å². The Kier molecular flexibility index (Phi) is 28.6. The van der Waals surface area contributed by atoms with Gasteiger partial charge >= 0.3 is 16.5 Å². The summed E-state index contributed by atoms with van der Waals surface area (Å²) in [4.78, 5) is 25.3. The average molecular weight is 298 g/mol. The normalized spacial score (nSPS) is 9.11. The van der Waals surface area contributed by atoms with Gasteiger partial charge in [-0.2, -0.15) is 0 Å². The molecule has 2 radical (unpaired) electrons.